The fourth-order valence-electron chi connectivity index (χ4n) is 1.95. The lowest BCUT2D eigenvalue weighted by Gasteiger charge is -2.12. The van der Waals surface area contributed by atoms with E-state index in [-0.39, 0.29) is 0 Å². The number of aryl methyl sites for hydroxylation is 1. The van der Waals surface area contributed by atoms with E-state index in [0.29, 0.717) is 6.61 Å². The first-order chi connectivity index (χ1) is 9.76. The highest BCUT2D eigenvalue weighted by molar-refractivity contribution is 9.08. The molecule has 0 aliphatic carbocycles. The molecule has 2 nitrogen and oxygen atoms in total. The first-order valence-corrected chi connectivity index (χ1v) is 7.82. The molecule has 0 amide bonds. The van der Waals surface area contributed by atoms with Crippen LogP contribution in [0.1, 0.15) is 23.6 Å². The summed E-state index contributed by atoms with van der Waals surface area (Å²) in [7, 11) is 1.66. The van der Waals surface area contributed by atoms with Crippen molar-refractivity contribution in [2.24, 2.45) is 0 Å². The summed E-state index contributed by atoms with van der Waals surface area (Å²) in [5.41, 5.74) is 3.67. The number of hydrogen-bond acceptors (Lipinski definition) is 2. The van der Waals surface area contributed by atoms with Crippen molar-refractivity contribution in [2.75, 3.05) is 7.11 Å². The molecule has 2 aromatic rings. The second-order valence-corrected chi connectivity index (χ2v) is 5.14. The number of hydrogen-bond donors (Lipinski definition) is 0. The molecule has 0 saturated carbocycles. The zero-order valence-electron chi connectivity index (χ0n) is 11.9. The van der Waals surface area contributed by atoms with Gasteiger partial charge in [-0.05, 0) is 35.2 Å². The highest BCUT2D eigenvalue weighted by Crippen LogP contribution is 2.29. The van der Waals surface area contributed by atoms with Gasteiger partial charge < -0.3 is 9.47 Å². The maximum absolute atomic E-state index is 5.85. The van der Waals surface area contributed by atoms with Gasteiger partial charge in [0.1, 0.15) is 6.61 Å². The molecular formula is C17H19BrO2. The van der Waals surface area contributed by atoms with Gasteiger partial charge in [0.2, 0.25) is 0 Å². The molecule has 0 unspecified atom stereocenters. The van der Waals surface area contributed by atoms with Gasteiger partial charge in [-0.2, -0.15) is 0 Å². The third-order valence-electron chi connectivity index (χ3n) is 3.21. The van der Waals surface area contributed by atoms with Crippen molar-refractivity contribution < 1.29 is 9.47 Å². The van der Waals surface area contributed by atoms with Crippen molar-refractivity contribution in [3.05, 3.63) is 59.2 Å². The van der Waals surface area contributed by atoms with Crippen LogP contribution in [-0.2, 0) is 18.4 Å². The molecule has 106 valence electrons. The second-order valence-electron chi connectivity index (χ2n) is 4.58. The molecule has 0 fully saturated rings. The Morgan fingerprint density at radius 3 is 2.15 bits per heavy atom. The first kappa shape index (κ1) is 14.9. The van der Waals surface area contributed by atoms with Gasteiger partial charge >= 0.3 is 0 Å². The van der Waals surface area contributed by atoms with Crippen molar-refractivity contribution in [3.63, 3.8) is 0 Å². The third-order valence-corrected chi connectivity index (χ3v) is 3.86. The smallest absolute Gasteiger partial charge is 0.161 e. The van der Waals surface area contributed by atoms with Crippen LogP contribution in [0.15, 0.2) is 42.5 Å². The van der Waals surface area contributed by atoms with Crippen molar-refractivity contribution >= 4 is 15.9 Å². The summed E-state index contributed by atoms with van der Waals surface area (Å²) in [6.07, 6.45) is 1.06. The van der Waals surface area contributed by atoms with Gasteiger partial charge in [-0.3, -0.25) is 0 Å². The Balaban J connectivity index is 2.05. The zero-order valence-corrected chi connectivity index (χ0v) is 13.4. The summed E-state index contributed by atoms with van der Waals surface area (Å²) in [5, 5.41) is 0.808. The molecule has 0 aliphatic rings. The molecule has 0 saturated heterocycles. The second kappa shape index (κ2) is 7.34. The maximum Gasteiger partial charge on any atom is 0.161 e. The molecule has 0 radical (unpaired) electrons. The van der Waals surface area contributed by atoms with Gasteiger partial charge in [0, 0.05) is 5.33 Å². The van der Waals surface area contributed by atoms with Crippen LogP contribution >= 0.6 is 15.9 Å². The Morgan fingerprint density at radius 2 is 1.55 bits per heavy atom. The van der Waals surface area contributed by atoms with Gasteiger partial charge in [-0.1, -0.05) is 53.2 Å². The molecule has 2 rings (SSSR count). The topological polar surface area (TPSA) is 18.5 Å². The van der Waals surface area contributed by atoms with Crippen LogP contribution in [0.5, 0.6) is 11.5 Å². The Labute approximate surface area is 128 Å². The lowest BCUT2D eigenvalue weighted by Crippen LogP contribution is -1.98. The van der Waals surface area contributed by atoms with Gasteiger partial charge in [0.25, 0.3) is 0 Å². The highest BCUT2D eigenvalue weighted by atomic mass is 79.9. The first-order valence-electron chi connectivity index (χ1n) is 6.70. The number of halogens is 1. The van der Waals surface area contributed by atoms with Crippen LogP contribution in [0.3, 0.4) is 0 Å². The molecule has 2 aromatic carbocycles. The van der Waals surface area contributed by atoms with Crippen LogP contribution in [0.4, 0.5) is 0 Å². The van der Waals surface area contributed by atoms with E-state index < -0.39 is 0 Å². The van der Waals surface area contributed by atoms with E-state index in [1.54, 1.807) is 7.11 Å². The molecule has 0 aromatic heterocycles. The molecule has 0 bridgehead atoms. The molecule has 0 N–H and O–H groups in total. The minimum absolute atomic E-state index is 0.550. The molecule has 20 heavy (non-hydrogen) atoms. The van der Waals surface area contributed by atoms with Crippen molar-refractivity contribution in [1.82, 2.24) is 0 Å². The summed E-state index contributed by atoms with van der Waals surface area (Å²) < 4.78 is 11.2. The minimum Gasteiger partial charge on any atom is -0.493 e. The molecule has 3 heteroatoms. The average Bonchev–Trinajstić information content (AvgIpc) is 2.53. The van der Waals surface area contributed by atoms with Crippen LogP contribution in [0.25, 0.3) is 0 Å². The molecule has 0 heterocycles. The van der Waals surface area contributed by atoms with Crippen LogP contribution in [0, 0.1) is 0 Å². The minimum atomic E-state index is 0.550. The fraction of sp³-hybridized carbons (Fsp3) is 0.294. The van der Waals surface area contributed by atoms with E-state index in [1.165, 1.54) is 11.1 Å². The van der Waals surface area contributed by atoms with E-state index in [2.05, 4.69) is 47.1 Å². The number of rotatable bonds is 6. The van der Waals surface area contributed by atoms with Crippen LogP contribution < -0.4 is 9.47 Å². The molecule has 0 spiro atoms. The highest BCUT2D eigenvalue weighted by Gasteiger charge is 2.05. The fourth-order valence-corrected chi connectivity index (χ4v) is 2.30. The third kappa shape index (κ3) is 3.76. The standard InChI is InChI=1S/C17H19BrO2/c1-3-13-4-6-14(7-5-13)12-20-16-9-8-15(11-18)10-17(16)19-2/h4-10H,3,11-12H2,1-2H3. The van der Waals surface area contributed by atoms with Gasteiger partial charge in [-0.25, -0.2) is 0 Å². The summed E-state index contributed by atoms with van der Waals surface area (Å²) in [4.78, 5) is 0. The lowest BCUT2D eigenvalue weighted by atomic mass is 10.1. The normalized spacial score (nSPS) is 10.3. The Hall–Kier alpha value is -1.48. The number of alkyl halides is 1. The molecule has 0 atom stereocenters. The van der Waals surface area contributed by atoms with Crippen LogP contribution in [-0.4, -0.2) is 7.11 Å². The Morgan fingerprint density at radius 1 is 0.900 bits per heavy atom. The number of benzene rings is 2. The van der Waals surface area contributed by atoms with Crippen molar-refractivity contribution in [3.8, 4) is 11.5 Å². The van der Waals surface area contributed by atoms with Crippen molar-refractivity contribution in [2.45, 2.75) is 25.3 Å². The summed E-state index contributed by atoms with van der Waals surface area (Å²) in [6.45, 7) is 2.70. The van der Waals surface area contributed by atoms with Gasteiger partial charge in [0.05, 0.1) is 7.11 Å². The van der Waals surface area contributed by atoms with Crippen molar-refractivity contribution in [1.29, 1.82) is 0 Å². The zero-order chi connectivity index (χ0) is 14.4. The predicted molar refractivity (Wildman–Crippen MR) is 85.8 cm³/mol. The number of ether oxygens (including phenoxy) is 2. The van der Waals surface area contributed by atoms with Gasteiger partial charge in [-0.15, -0.1) is 0 Å². The monoisotopic (exact) mass is 334 g/mol. The SMILES string of the molecule is CCc1ccc(COc2ccc(CBr)cc2OC)cc1. The average molecular weight is 335 g/mol. The van der Waals surface area contributed by atoms with Gasteiger partial charge in [0.15, 0.2) is 11.5 Å². The van der Waals surface area contributed by atoms with E-state index in [9.17, 15) is 0 Å². The lowest BCUT2D eigenvalue weighted by molar-refractivity contribution is 0.284. The largest absolute Gasteiger partial charge is 0.493 e. The maximum atomic E-state index is 5.85. The summed E-state index contributed by atoms with van der Waals surface area (Å²) in [5.74, 6) is 1.55. The van der Waals surface area contributed by atoms with Crippen LogP contribution in [0.2, 0.25) is 0 Å². The Kier molecular flexibility index (Phi) is 5.48. The predicted octanol–water partition coefficient (Wildman–Crippen LogP) is 4.73. The number of methoxy groups -OCH3 is 1. The van der Waals surface area contributed by atoms with E-state index in [0.717, 1.165) is 28.8 Å². The summed E-state index contributed by atoms with van der Waals surface area (Å²) >= 11 is 3.44. The van der Waals surface area contributed by atoms with E-state index in [4.69, 9.17) is 9.47 Å². The molecular weight excluding hydrogens is 316 g/mol. The summed E-state index contributed by atoms with van der Waals surface area (Å²) in [6, 6.07) is 14.5. The van der Waals surface area contributed by atoms with E-state index in [1.807, 2.05) is 18.2 Å². The quantitative estimate of drug-likeness (QED) is 0.711. The van der Waals surface area contributed by atoms with E-state index >= 15 is 0 Å². The Bertz CT molecular complexity index is 549. The molecule has 0 aliphatic heterocycles.